The molecule has 0 bridgehead atoms. The highest BCUT2D eigenvalue weighted by molar-refractivity contribution is 5.67. The van der Waals surface area contributed by atoms with Gasteiger partial charge in [0.1, 0.15) is 0 Å². The van der Waals surface area contributed by atoms with Crippen LogP contribution in [0.3, 0.4) is 0 Å². The molecule has 0 atom stereocenters. The zero-order valence-electron chi connectivity index (χ0n) is 10.9. The normalized spacial score (nSPS) is 11.1. The molecule has 0 aliphatic rings. The molecule has 96 valence electrons. The van der Waals surface area contributed by atoms with Crippen LogP contribution in [0.25, 0.3) is 17.1 Å². The largest absolute Gasteiger partial charge is 0.339 e. The standard InChI is InChI=1S/C15H15N3O/c1-11(2)15-16-14(17-19-15)12-7-3-4-8-13(12)18-9-5-6-10-18/h3-11H,1-2H3. The van der Waals surface area contributed by atoms with Crippen molar-refractivity contribution in [1.29, 1.82) is 0 Å². The molecule has 2 heterocycles. The van der Waals surface area contributed by atoms with Crippen molar-refractivity contribution in [2.45, 2.75) is 19.8 Å². The third kappa shape index (κ3) is 2.17. The lowest BCUT2D eigenvalue weighted by Crippen LogP contribution is -1.95. The predicted octanol–water partition coefficient (Wildman–Crippen LogP) is 3.65. The molecular formula is C15H15N3O. The van der Waals surface area contributed by atoms with Gasteiger partial charge in [-0.1, -0.05) is 31.1 Å². The van der Waals surface area contributed by atoms with E-state index in [9.17, 15) is 0 Å². The fourth-order valence-electron chi connectivity index (χ4n) is 1.96. The predicted molar refractivity (Wildman–Crippen MR) is 73.2 cm³/mol. The summed E-state index contributed by atoms with van der Waals surface area (Å²) in [7, 11) is 0. The molecule has 2 aromatic heterocycles. The third-order valence-electron chi connectivity index (χ3n) is 2.96. The Balaban J connectivity index is 2.09. The Bertz CT molecular complexity index is 668. The van der Waals surface area contributed by atoms with Crippen molar-refractivity contribution in [1.82, 2.24) is 14.7 Å². The summed E-state index contributed by atoms with van der Waals surface area (Å²) in [5.74, 6) is 1.53. The van der Waals surface area contributed by atoms with Crippen LogP contribution < -0.4 is 0 Å². The molecule has 1 aromatic carbocycles. The highest BCUT2D eigenvalue weighted by Gasteiger charge is 2.14. The van der Waals surface area contributed by atoms with Crippen molar-refractivity contribution in [3.63, 3.8) is 0 Å². The van der Waals surface area contributed by atoms with Crippen molar-refractivity contribution in [3.05, 3.63) is 54.7 Å². The van der Waals surface area contributed by atoms with Crippen molar-refractivity contribution < 1.29 is 4.52 Å². The minimum atomic E-state index is 0.236. The van der Waals surface area contributed by atoms with Crippen LogP contribution in [0.15, 0.2) is 53.3 Å². The summed E-state index contributed by atoms with van der Waals surface area (Å²) in [6.07, 6.45) is 4.00. The molecule has 0 saturated heterocycles. The molecule has 0 fully saturated rings. The Morgan fingerprint density at radius 3 is 2.47 bits per heavy atom. The smallest absolute Gasteiger partial charge is 0.229 e. The van der Waals surface area contributed by atoms with Gasteiger partial charge in [0, 0.05) is 23.9 Å². The van der Waals surface area contributed by atoms with Crippen LogP contribution in [-0.2, 0) is 0 Å². The molecule has 0 aliphatic heterocycles. The van der Waals surface area contributed by atoms with Gasteiger partial charge in [0.2, 0.25) is 11.7 Å². The molecule has 0 radical (unpaired) electrons. The summed E-state index contributed by atoms with van der Waals surface area (Å²) >= 11 is 0. The molecule has 3 aromatic rings. The second-order valence-electron chi connectivity index (χ2n) is 4.72. The van der Waals surface area contributed by atoms with Crippen LogP contribution in [-0.4, -0.2) is 14.7 Å². The van der Waals surface area contributed by atoms with E-state index >= 15 is 0 Å². The highest BCUT2D eigenvalue weighted by atomic mass is 16.5. The average Bonchev–Trinajstić information content (AvgIpc) is 3.10. The van der Waals surface area contributed by atoms with Gasteiger partial charge in [-0.2, -0.15) is 4.98 Å². The summed E-state index contributed by atoms with van der Waals surface area (Å²) in [5, 5.41) is 4.08. The van der Waals surface area contributed by atoms with E-state index in [1.54, 1.807) is 0 Å². The Hall–Kier alpha value is -2.36. The first-order chi connectivity index (χ1) is 9.25. The van der Waals surface area contributed by atoms with Crippen LogP contribution in [0.5, 0.6) is 0 Å². The minimum Gasteiger partial charge on any atom is -0.339 e. The number of rotatable bonds is 3. The van der Waals surface area contributed by atoms with Gasteiger partial charge in [-0.3, -0.25) is 0 Å². The van der Waals surface area contributed by atoms with Crippen molar-refractivity contribution in [3.8, 4) is 17.1 Å². The molecule has 4 nitrogen and oxygen atoms in total. The average molecular weight is 253 g/mol. The summed E-state index contributed by atoms with van der Waals surface area (Å²) in [6.45, 7) is 4.07. The molecule has 0 N–H and O–H groups in total. The van der Waals surface area contributed by atoms with E-state index in [1.165, 1.54) is 0 Å². The van der Waals surface area contributed by atoms with Gasteiger partial charge < -0.3 is 9.09 Å². The fraction of sp³-hybridized carbons (Fsp3) is 0.200. The van der Waals surface area contributed by atoms with Gasteiger partial charge in [-0.15, -0.1) is 0 Å². The topological polar surface area (TPSA) is 43.9 Å². The molecule has 0 aliphatic carbocycles. The van der Waals surface area contributed by atoms with E-state index < -0.39 is 0 Å². The first-order valence-corrected chi connectivity index (χ1v) is 6.32. The van der Waals surface area contributed by atoms with E-state index in [2.05, 4.69) is 10.1 Å². The van der Waals surface area contributed by atoms with Crippen molar-refractivity contribution >= 4 is 0 Å². The van der Waals surface area contributed by atoms with Gasteiger partial charge in [-0.05, 0) is 24.3 Å². The Morgan fingerprint density at radius 1 is 1.05 bits per heavy atom. The SMILES string of the molecule is CC(C)c1nc(-c2ccccc2-n2cccc2)no1. The maximum absolute atomic E-state index is 5.28. The van der Waals surface area contributed by atoms with Crippen LogP contribution in [0.2, 0.25) is 0 Å². The van der Waals surface area contributed by atoms with Gasteiger partial charge in [0.15, 0.2) is 0 Å². The number of aromatic nitrogens is 3. The van der Waals surface area contributed by atoms with E-state index in [1.807, 2.05) is 67.2 Å². The Morgan fingerprint density at radius 2 is 1.79 bits per heavy atom. The summed E-state index contributed by atoms with van der Waals surface area (Å²) < 4.78 is 7.32. The minimum absolute atomic E-state index is 0.236. The van der Waals surface area contributed by atoms with E-state index in [0.717, 1.165) is 11.3 Å². The second kappa shape index (κ2) is 4.72. The molecule has 0 saturated carbocycles. The highest BCUT2D eigenvalue weighted by Crippen LogP contribution is 2.25. The number of hydrogen-bond acceptors (Lipinski definition) is 3. The van der Waals surface area contributed by atoms with Crippen LogP contribution in [0.1, 0.15) is 25.7 Å². The summed E-state index contributed by atoms with van der Waals surface area (Å²) in [5.41, 5.74) is 2.01. The first kappa shape index (κ1) is 11.7. The lowest BCUT2D eigenvalue weighted by atomic mass is 10.1. The molecule has 19 heavy (non-hydrogen) atoms. The van der Waals surface area contributed by atoms with Crippen LogP contribution in [0, 0.1) is 0 Å². The van der Waals surface area contributed by atoms with Crippen LogP contribution >= 0.6 is 0 Å². The Kier molecular flexibility index (Phi) is 2.91. The number of hydrogen-bond donors (Lipinski definition) is 0. The maximum Gasteiger partial charge on any atom is 0.229 e. The molecule has 0 amide bonds. The lowest BCUT2D eigenvalue weighted by Gasteiger charge is -2.07. The van der Waals surface area contributed by atoms with E-state index in [4.69, 9.17) is 4.52 Å². The zero-order valence-corrected chi connectivity index (χ0v) is 10.9. The third-order valence-corrected chi connectivity index (χ3v) is 2.96. The number of nitrogens with zero attached hydrogens (tertiary/aromatic N) is 3. The maximum atomic E-state index is 5.28. The molecular weight excluding hydrogens is 238 g/mol. The van der Waals surface area contributed by atoms with Gasteiger partial charge in [0.05, 0.1) is 5.69 Å². The van der Waals surface area contributed by atoms with E-state index in [0.29, 0.717) is 11.7 Å². The van der Waals surface area contributed by atoms with Crippen molar-refractivity contribution in [2.24, 2.45) is 0 Å². The second-order valence-corrected chi connectivity index (χ2v) is 4.72. The Labute approximate surface area is 111 Å². The van der Waals surface area contributed by atoms with Crippen molar-refractivity contribution in [2.75, 3.05) is 0 Å². The van der Waals surface area contributed by atoms with Crippen LogP contribution in [0.4, 0.5) is 0 Å². The summed E-state index contributed by atoms with van der Waals surface area (Å²) in [4.78, 5) is 4.46. The first-order valence-electron chi connectivity index (χ1n) is 6.32. The monoisotopic (exact) mass is 253 g/mol. The van der Waals surface area contributed by atoms with Gasteiger partial charge in [0.25, 0.3) is 0 Å². The number of benzene rings is 1. The van der Waals surface area contributed by atoms with Gasteiger partial charge >= 0.3 is 0 Å². The zero-order chi connectivity index (χ0) is 13.2. The molecule has 0 unspecified atom stereocenters. The molecule has 0 spiro atoms. The molecule has 4 heteroatoms. The fourth-order valence-corrected chi connectivity index (χ4v) is 1.96. The molecule has 3 rings (SSSR count). The summed E-state index contributed by atoms with van der Waals surface area (Å²) in [6, 6.07) is 12.0. The lowest BCUT2D eigenvalue weighted by molar-refractivity contribution is 0.365. The van der Waals surface area contributed by atoms with E-state index in [-0.39, 0.29) is 5.92 Å². The van der Waals surface area contributed by atoms with Gasteiger partial charge in [-0.25, -0.2) is 0 Å². The number of para-hydroxylation sites is 1. The quantitative estimate of drug-likeness (QED) is 0.715.